The third kappa shape index (κ3) is 3.24. The van der Waals surface area contributed by atoms with Crippen LogP contribution in [0.2, 0.25) is 0 Å². The molecule has 0 atom stereocenters. The van der Waals surface area contributed by atoms with Crippen LogP contribution in [-0.4, -0.2) is 24.7 Å². The molecular formula is C13H17N3O2. The Balaban J connectivity index is 1.86. The van der Waals surface area contributed by atoms with Crippen molar-refractivity contribution in [2.45, 2.75) is 6.92 Å². The summed E-state index contributed by atoms with van der Waals surface area (Å²) in [6.07, 6.45) is 0. The van der Waals surface area contributed by atoms with Crippen LogP contribution in [0.5, 0.6) is 0 Å². The predicted octanol–water partition coefficient (Wildman–Crippen LogP) is 2.41. The normalized spacial score (nSPS) is 10.7. The minimum atomic E-state index is 0.481. The lowest BCUT2D eigenvalue weighted by atomic mass is 10.3. The van der Waals surface area contributed by atoms with Crippen LogP contribution in [0.4, 0.5) is 11.7 Å². The second kappa shape index (κ2) is 5.55. The number of anilines is 2. The fourth-order valence-electron chi connectivity index (χ4n) is 1.50. The van der Waals surface area contributed by atoms with Gasteiger partial charge in [-0.1, -0.05) is 12.2 Å². The number of aromatic nitrogens is 1. The van der Waals surface area contributed by atoms with Crippen LogP contribution in [0.15, 0.2) is 34.8 Å². The van der Waals surface area contributed by atoms with Gasteiger partial charge in [-0.15, -0.1) is 0 Å². The molecule has 0 unspecified atom stereocenters. The molecule has 0 amide bonds. The number of nitrogens with two attached hydrogens (primary N) is 1. The molecule has 0 saturated heterocycles. The number of nitrogens with zero attached hydrogens (tertiary/aromatic N) is 1. The first-order chi connectivity index (χ1) is 8.65. The molecule has 5 nitrogen and oxygen atoms in total. The van der Waals surface area contributed by atoms with Gasteiger partial charge in [-0.05, 0) is 25.1 Å². The van der Waals surface area contributed by atoms with E-state index in [0.29, 0.717) is 31.5 Å². The first-order valence-electron chi connectivity index (χ1n) is 5.77. The number of ether oxygens (including phenoxy) is 1. The largest absolute Gasteiger partial charge is 0.424 e. The number of nitrogen functional groups attached to an aromatic ring is 1. The van der Waals surface area contributed by atoms with Crippen LogP contribution in [0, 0.1) is 0 Å². The maximum absolute atomic E-state index is 5.67. The van der Waals surface area contributed by atoms with Gasteiger partial charge in [-0.25, -0.2) is 0 Å². The summed E-state index contributed by atoms with van der Waals surface area (Å²) in [5, 5.41) is 3.05. The monoisotopic (exact) mass is 247 g/mol. The van der Waals surface area contributed by atoms with Crippen LogP contribution in [-0.2, 0) is 4.74 Å². The number of hydrogen-bond donors (Lipinski definition) is 2. The van der Waals surface area contributed by atoms with Crippen molar-refractivity contribution in [1.29, 1.82) is 0 Å². The summed E-state index contributed by atoms with van der Waals surface area (Å²) in [5.74, 6) is 0. The maximum Gasteiger partial charge on any atom is 0.295 e. The van der Waals surface area contributed by atoms with Crippen molar-refractivity contribution in [3.63, 3.8) is 0 Å². The van der Waals surface area contributed by atoms with Crippen LogP contribution in [0.25, 0.3) is 11.1 Å². The highest BCUT2D eigenvalue weighted by molar-refractivity contribution is 5.78. The quantitative estimate of drug-likeness (QED) is 0.466. The summed E-state index contributed by atoms with van der Waals surface area (Å²) in [4.78, 5) is 4.28. The topological polar surface area (TPSA) is 73.3 Å². The van der Waals surface area contributed by atoms with E-state index in [2.05, 4.69) is 16.9 Å². The van der Waals surface area contributed by atoms with Gasteiger partial charge in [-0.3, -0.25) is 0 Å². The van der Waals surface area contributed by atoms with E-state index in [0.717, 1.165) is 16.7 Å². The molecule has 96 valence electrons. The number of hydrogen-bond acceptors (Lipinski definition) is 5. The second-order valence-corrected chi connectivity index (χ2v) is 4.18. The molecule has 0 saturated carbocycles. The van der Waals surface area contributed by atoms with Crippen LogP contribution in [0.3, 0.4) is 0 Å². The molecule has 5 heteroatoms. The van der Waals surface area contributed by atoms with E-state index in [9.17, 15) is 0 Å². The Morgan fingerprint density at radius 2 is 2.39 bits per heavy atom. The number of benzene rings is 1. The third-order valence-electron chi connectivity index (χ3n) is 2.28. The van der Waals surface area contributed by atoms with Crippen LogP contribution >= 0.6 is 0 Å². The fraction of sp³-hybridized carbons (Fsp3) is 0.308. The van der Waals surface area contributed by atoms with E-state index >= 15 is 0 Å². The summed E-state index contributed by atoms with van der Waals surface area (Å²) in [7, 11) is 0. The lowest BCUT2D eigenvalue weighted by molar-refractivity contribution is 0.166. The Morgan fingerprint density at radius 3 is 3.17 bits per heavy atom. The Hall–Kier alpha value is -2.01. The second-order valence-electron chi connectivity index (χ2n) is 4.18. The molecule has 0 aliphatic carbocycles. The maximum atomic E-state index is 5.67. The molecule has 0 fully saturated rings. The van der Waals surface area contributed by atoms with E-state index in [1.165, 1.54) is 0 Å². The smallest absolute Gasteiger partial charge is 0.295 e. The first-order valence-corrected chi connectivity index (χ1v) is 5.77. The van der Waals surface area contributed by atoms with Crippen LogP contribution in [0.1, 0.15) is 6.92 Å². The van der Waals surface area contributed by atoms with Gasteiger partial charge in [0.15, 0.2) is 5.58 Å². The van der Waals surface area contributed by atoms with Gasteiger partial charge in [0.1, 0.15) is 5.52 Å². The minimum Gasteiger partial charge on any atom is -0.424 e. The summed E-state index contributed by atoms with van der Waals surface area (Å²) in [6.45, 7) is 7.48. The summed E-state index contributed by atoms with van der Waals surface area (Å²) >= 11 is 0. The van der Waals surface area contributed by atoms with Crippen LogP contribution < -0.4 is 11.1 Å². The zero-order valence-electron chi connectivity index (χ0n) is 10.4. The van der Waals surface area contributed by atoms with Crippen molar-refractivity contribution in [2.24, 2.45) is 0 Å². The van der Waals surface area contributed by atoms with Gasteiger partial charge in [0.25, 0.3) is 6.01 Å². The molecule has 1 aromatic carbocycles. The van der Waals surface area contributed by atoms with Gasteiger partial charge < -0.3 is 20.2 Å². The fourth-order valence-corrected chi connectivity index (χ4v) is 1.50. The number of nitrogens with one attached hydrogen (secondary N) is 1. The lowest BCUT2D eigenvalue weighted by Crippen LogP contribution is -2.10. The average molecular weight is 247 g/mol. The molecule has 2 rings (SSSR count). The zero-order chi connectivity index (χ0) is 13.0. The van der Waals surface area contributed by atoms with Crippen molar-refractivity contribution < 1.29 is 9.15 Å². The standard InChI is InChI=1S/C13H17N3O2/c1-9(2)8-17-6-5-15-13-16-11-7-10(14)3-4-12(11)18-13/h3-4,7H,1,5-6,8,14H2,2H3,(H,15,16). The van der Waals surface area contributed by atoms with Crippen molar-refractivity contribution in [1.82, 2.24) is 4.98 Å². The molecule has 0 aliphatic heterocycles. The number of rotatable bonds is 6. The minimum absolute atomic E-state index is 0.481. The zero-order valence-corrected chi connectivity index (χ0v) is 10.4. The Bertz CT molecular complexity index is 548. The highest BCUT2D eigenvalue weighted by Crippen LogP contribution is 2.20. The molecule has 1 heterocycles. The lowest BCUT2D eigenvalue weighted by Gasteiger charge is -2.03. The molecule has 0 radical (unpaired) electrons. The molecule has 0 aliphatic rings. The number of fused-ring (bicyclic) bond motifs is 1. The summed E-state index contributed by atoms with van der Waals surface area (Å²) < 4.78 is 10.9. The van der Waals surface area contributed by atoms with Crippen molar-refractivity contribution in [3.05, 3.63) is 30.4 Å². The average Bonchev–Trinajstić information content (AvgIpc) is 2.70. The van der Waals surface area contributed by atoms with E-state index in [1.54, 1.807) is 18.2 Å². The number of oxazole rings is 1. The SMILES string of the molecule is C=C(C)COCCNc1nc2cc(N)ccc2o1. The van der Waals surface area contributed by atoms with E-state index in [4.69, 9.17) is 14.9 Å². The van der Waals surface area contributed by atoms with Gasteiger partial charge >= 0.3 is 0 Å². The predicted molar refractivity (Wildman–Crippen MR) is 72.5 cm³/mol. The van der Waals surface area contributed by atoms with Gasteiger partial charge in [0, 0.05) is 12.2 Å². The summed E-state index contributed by atoms with van der Waals surface area (Å²) in [5.41, 5.74) is 8.82. The highest BCUT2D eigenvalue weighted by atomic mass is 16.5. The van der Waals surface area contributed by atoms with Crippen molar-refractivity contribution in [3.8, 4) is 0 Å². The molecule has 2 aromatic rings. The van der Waals surface area contributed by atoms with Gasteiger partial charge in [0.05, 0.1) is 13.2 Å². The third-order valence-corrected chi connectivity index (χ3v) is 2.28. The molecular weight excluding hydrogens is 230 g/mol. The van der Waals surface area contributed by atoms with E-state index in [1.807, 2.05) is 6.92 Å². The van der Waals surface area contributed by atoms with Gasteiger partial charge in [0.2, 0.25) is 0 Å². The molecule has 0 spiro atoms. The Morgan fingerprint density at radius 1 is 1.56 bits per heavy atom. The van der Waals surface area contributed by atoms with E-state index in [-0.39, 0.29) is 0 Å². The molecule has 3 N–H and O–H groups in total. The molecule has 18 heavy (non-hydrogen) atoms. The summed E-state index contributed by atoms with van der Waals surface area (Å²) in [6, 6.07) is 5.85. The molecule has 1 aromatic heterocycles. The highest BCUT2D eigenvalue weighted by Gasteiger charge is 2.04. The van der Waals surface area contributed by atoms with Crippen molar-refractivity contribution >= 4 is 22.8 Å². The Labute approximate surface area is 106 Å². The first kappa shape index (κ1) is 12.4. The van der Waals surface area contributed by atoms with Gasteiger partial charge in [-0.2, -0.15) is 4.98 Å². The van der Waals surface area contributed by atoms with E-state index < -0.39 is 0 Å². The Kier molecular flexibility index (Phi) is 3.84. The molecule has 0 bridgehead atoms. The van der Waals surface area contributed by atoms with Crippen molar-refractivity contribution in [2.75, 3.05) is 30.8 Å².